The Kier molecular flexibility index (Phi) is 4.55. The van der Waals surface area contributed by atoms with Gasteiger partial charge in [-0.3, -0.25) is 5.32 Å². The standard InChI is InChI=1S/C14H14N2O5/c1-3-19-13(17)11-9(2)16-21-12(11)15-14(18)20-10-7-5-4-6-8-10/h4-8H,3H2,1-2H3,(H,15,18). The SMILES string of the molecule is CCOC(=O)c1c(C)noc1NC(=O)Oc1ccccc1. The van der Waals surface area contributed by atoms with Crippen molar-refractivity contribution < 1.29 is 23.6 Å². The maximum Gasteiger partial charge on any atom is 0.419 e. The van der Waals surface area contributed by atoms with Crippen LogP contribution in [0.5, 0.6) is 5.75 Å². The Hall–Kier alpha value is -2.83. The zero-order valence-corrected chi connectivity index (χ0v) is 11.6. The number of nitrogens with zero attached hydrogens (tertiary/aromatic N) is 1. The van der Waals surface area contributed by atoms with Gasteiger partial charge >= 0.3 is 12.1 Å². The number of para-hydroxylation sites is 1. The maximum absolute atomic E-state index is 11.8. The van der Waals surface area contributed by atoms with Gasteiger partial charge in [0.2, 0.25) is 5.88 Å². The quantitative estimate of drug-likeness (QED) is 0.871. The van der Waals surface area contributed by atoms with Crippen LogP contribution in [0.3, 0.4) is 0 Å². The molecule has 1 aromatic heterocycles. The normalized spacial score (nSPS) is 10.0. The summed E-state index contributed by atoms with van der Waals surface area (Å²) in [5.74, 6) is -0.359. The Balaban J connectivity index is 2.09. The minimum absolute atomic E-state index is 0.0712. The topological polar surface area (TPSA) is 90.7 Å². The van der Waals surface area contributed by atoms with E-state index in [2.05, 4.69) is 10.5 Å². The first kappa shape index (κ1) is 14.6. The van der Waals surface area contributed by atoms with Crippen molar-refractivity contribution in [3.05, 3.63) is 41.6 Å². The minimum atomic E-state index is -0.789. The molecule has 21 heavy (non-hydrogen) atoms. The van der Waals surface area contributed by atoms with Gasteiger partial charge in [0.05, 0.1) is 12.3 Å². The van der Waals surface area contributed by atoms with E-state index in [1.807, 2.05) is 0 Å². The third-order valence-corrected chi connectivity index (χ3v) is 2.51. The lowest BCUT2D eigenvalue weighted by Gasteiger charge is -2.05. The van der Waals surface area contributed by atoms with Crippen LogP contribution in [0.25, 0.3) is 0 Å². The molecule has 0 aliphatic rings. The van der Waals surface area contributed by atoms with Gasteiger partial charge in [-0.05, 0) is 26.0 Å². The fourth-order valence-corrected chi connectivity index (χ4v) is 1.61. The molecule has 0 atom stereocenters. The number of hydrogen-bond acceptors (Lipinski definition) is 6. The molecule has 0 aliphatic heterocycles. The molecule has 1 N–H and O–H groups in total. The molecule has 0 spiro atoms. The number of ether oxygens (including phenoxy) is 2. The lowest BCUT2D eigenvalue weighted by molar-refractivity contribution is 0.0526. The highest BCUT2D eigenvalue weighted by Gasteiger charge is 2.23. The smallest absolute Gasteiger partial charge is 0.419 e. The summed E-state index contributed by atoms with van der Waals surface area (Å²) in [6.07, 6.45) is -0.789. The molecule has 1 aromatic carbocycles. The summed E-state index contributed by atoms with van der Waals surface area (Å²) >= 11 is 0. The number of aryl methyl sites for hydroxylation is 1. The van der Waals surface area contributed by atoms with Crippen LogP contribution in [-0.2, 0) is 4.74 Å². The summed E-state index contributed by atoms with van der Waals surface area (Å²) in [5.41, 5.74) is 0.394. The lowest BCUT2D eigenvalue weighted by atomic mass is 10.2. The number of anilines is 1. The number of nitrogens with one attached hydrogen (secondary N) is 1. The molecule has 2 rings (SSSR count). The first-order valence-electron chi connectivity index (χ1n) is 6.29. The number of carbonyl (C=O) groups is 2. The van der Waals surface area contributed by atoms with Gasteiger partial charge in [0.15, 0.2) is 0 Å². The number of benzene rings is 1. The van der Waals surface area contributed by atoms with E-state index in [0.717, 1.165) is 0 Å². The van der Waals surface area contributed by atoms with Crippen LogP contribution in [-0.4, -0.2) is 23.8 Å². The first-order chi connectivity index (χ1) is 10.1. The highest BCUT2D eigenvalue weighted by molar-refractivity contribution is 5.99. The van der Waals surface area contributed by atoms with E-state index in [0.29, 0.717) is 11.4 Å². The summed E-state index contributed by atoms with van der Waals surface area (Å²) in [4.78, 5) is 23.5. The van der Waals surface area contributed by atoms with E-state index in [1.165, 1.54) is 0 Å². The summed E-state index contributed by atoms with van der Waals surface area (Å²) in [6.45, 7) is 3.46. The van der Waals surface area contributed by atoms with Crippen molar-refractivity contribution >= 4 is 17.9 Å². The van der Waals surface area contributed by atoms with E-state index in [9.17, 15) is 9.59 Å². The summed E-state index contributed by atoms with van der Waals surface area (Å²) in [6, 6.07) is 8.49. The van der Waals surface area contributed by atoms with Crippen molar-refractivity contribution in [2.45, 2.75) is 13.8 Å². The Labute approximate surface area is 120 Å². The number of rotatable bonds is 4. The molecule has 7 heteroatoms. The number of aromatic nitrogens is 1. The van der Waals surface area contributed by atoms with Crippen LogP contribution in [0.15, 0.2) is 34.9 Å². The second-order valence-corrected chi connectivity index (χ2v) is 4.02. The van der Waals surface area contributed by atoms with E-state index in [-0.39, 0.29) is 18.1 Å². The zero-order valence-electron chi connectivity index (χ0n) is 11.6. The second kappa shape index (κ2) is 6.56. The third kappa shape index (κ3) is 3.59. The monoisotopic (exact) mass is 290 g/mol. The van der Waals surface area contributed by atoms with Gasteiger partial charge in [-0.15, -0.1) is 0 Å². The molecule has 1 heterocycles. The number of esters is 1. The first-order valence-corrected chi connectivity index (χ1v) is 6.29. The average Bonchev–Trinajstić information content (AvgIpc) is 2.81. The van der Waals surface area contributed by atoms with Gasteiger partial charge in [0, 0.05) is 0 Å². The van der Waals surface area contributed by atoms with Crippen LogP contribution in [0, 0.1) is 6.92 Å². The Morgan fingerprint density at radius 1 is 1.29 bits per heavy atom. The highest BCUT2D eigenvalue weighted by Crippen LogP contribution is 2.21. The largest absolute Gasteiger partial charge is 0.462 e. The van der Waals surface area contributed by atoms with E-state index < -0.39 is 12.1 Å². The van der Waals surface area contributed by atoms with E-state index in [4.69, 9.17) is 14.0 Å². The van der Waals surface area contributed by atoms with Gasteiger partial charge in [0.1, 0.15) is 11.3 Å². The van der Waals surface area contributed by atoms with Gasteiger partial charge in [-0.2, -0.15) is 0 Å². The second-order valence-electron chi connectivity index (χ2n) is 4.02. The van der Waals surface area contributed by atoms with Crippen molar-refractivity contribution in [1.29, 1.82) is 0 Å². The summed E-state index contributed by atoms with van der Waals surface area (Å²) in [7, 11) is 0. The number of hydrogen-bond donors (Lipinski definition) is 1. The lowest BCUT2D eigenvalue weighted by Crippen LogP contribution is -2.18. The Bertz CT molecular complexity index is 636. The third-order valence-electron chi connectivity index (χ3n) is 2.51. The molecule has 0 saturated heterocycles. The van der Waals surface area contributed by atoms with Crippen molar-refractivity contribution in [2.75, 3.05) is 11.9 Å². The maximum atomic E-state index is 11.8. The van der Waals surface area contributed by atoms with Crippen LogP contribution >= 0.6 is 0 Å². The molecule has 1 amide bonds. The summed E-state index contributed by atoms with van der Waals surface area (Å²) < 4.78 is 14.8. The van der Waals surface area contributed by atoms with E-state index in [1.54, 1.807) is 44.2 Å². The van der Waals surface area contributed by atoms with Gasteiger partial charge < -0.3 is 14.0 Å². The molecule has 0 saturated carbocycles. The average molecular weight is 290 g/mol. The zero-order chi connectivity index (χ0) is 15.2. The van der Waals surface area contributed by atoms with Crippen molar-refractivity contribution in [3.63, 3.8) is 0 Å². The molecule has 110 valence electrons. The van der Waals surface area contributed by atoms with Crippen molar-refractivity contribution in [2.24, 2.45) is 0 Å². The van der Waals surface area contributed by atoms with Crippen molar-refractivity contribution in [3.8, 4) is 5.75 Å². The van der Waals surface area contributed by atoms with Crippen LogP contribution in [0.1, 0.15) is 23.0 Å². The van der Waals surface area contributed by atoms with Crippen LogP contribution < -0.4 is 10.1 Å². The minimum Gasteiger partial charge on any atom is -0.462 e. The summed E-state index contributed by atoms with van der Waals surface area (Å²) in [5, 5.41) is 5.96. The van der Waals surface area contributed by atoms with Crippen molar-refractivity contribution in [1.82, 2.24) is 5.16 Å². The molecular formula is C14H14N2O5. The van der Waals surface area contributed by atoms with Gasteiger partial charge in [-0.25, -0.2) is 9.59 Å². The molecule has 0 unspecified atom stereocenters. The van der Waals surface area contributed by atoms with Gasteiger partial charge in [-0.1, -0.05) is 23.4 Å². The predicted octanol–water partition coefficient (Wildman–Crippen LogP) is 2.77. The Morgan fingerprint density at radius 2 is 2.00 bits per heavy atom. The predicted molar refractivity (Wildman–Crippen MR) is 73.3 cm³/mol. The highest BCUT2D eigenvalue weighted by atomic mass is 16.6. The number of amides is 1. The van der Waals surface area contributed by atoms with Gasteiger partial charge in [0.25, 0.3) is 0 Å². The molecule has 7 nitrogen and oxygen atoms in total. The fraction of sp³-hybridized carbons (Fsp3) is 0.214. The fourth-order valence-electron chi connectivity index (χ4n) is 1.61. The molecule has 0 bridgehead atoms. The van der Waals surface area contributed by atoms with E-state index >= 15 is 0 Å². The Morgan fingerprint density at radius 3 is 2.67 bits per heavy atom. The number of carbonyl (C=O) groups excluding carboxylic acids is 2. The van der Waals surface area contributed by atoms with Crippen LogP contribution in [0.4, 0.5) is 10.7 Å². The molecule has 0 fully saturated rings. The van der Waals surface area contributed by atoms with Crippen LogP contribution in [0.2, 0.25) is 0 Å². The molecule has 0 aliphatic carbocycles. The molecule has 2 aromatic rings. The molecular weight excluding hydrogens is 276 g/mol. The molecule has 0 radical (unpaired) electrons.